The van der Waals surface area contributed by atoms with Crippen LogP contribution < -0.4 is 9.47 Å². The Hall–Kier alpha value is -1.65. The second kappa shape index (κ2) is 8.38. The molecule has 156 valence electrons. The first kappa shape index (κ1) is 21.1. The molecule has 0 aliphatic carbocycles. The molecule has 0 saturated carbocycles. The Bertz CT molecular complexity index is 709. The van der Waals surface area contributed by atoms with E-state index in [9.17, 15) is 13.2 Å². The van der Waals surface area contributed by atoms with Gasteiger partial charge in [0.1, 0.15) is 0 Å². The molecule has 1 atom stereocenters. The molecule has 2 saturated heterocycles. The van der Waals surface area contributed by atoms with Crippen molar-refractivity contribution in [2.45, 2.75) is 36.9 Å². The highest BCUT2D eigenvalue weighted by Gasteiger charge is 2.49. The maximum absolute atomic E-state index is 10.6. The van der Waals surface area contributed by atoms with Crippen LogP contribution in [0.2, 0.25) is 0 Å². The second-order valence-corrected chi connectivity index (χ2v) is 8.40. The number of carboxylic acid groups (broad SMARTS) is 1. The average molecular weight is 421 g/mol. The van der Waals surface area contributed by atoms with Gasteiger partial charge in [-0.05, 0) is 31.0 Å². The van der Waals surface area contributed by atoms with Crippen molar-refractivity contribution in [3.63, 3.8) is 0 Å². The van der Waals surface area contributed by atoms with Crippen molar-refractivity contribution in [1.29, 1.82) is 0 Å². The summed E-state index contributed by atoms with van der Waals surface area (Å²) in [5.74, 6) is 0.151. The first-order valence-corrected chi connectivity index (χ1v) is 9.86. The van der Waals surface area contributed by atoms with Crippen LogP contribution in [-0.4, -0.2) is 65.2 Å². The number of hydrogen-bond acceptors (Lipinski definition) is 6. The molecular formula is C18H22F3NO5S. The van der Waals surface area contributed by atoms with Gasteiger partial charge in [0.15, 0.2) is 11.5 Å². The zero-order valence-corrected chi connectivity index (χ0v) is 16.1. The molecule has 10 heteroatoms. The van der Waals surface area contributed by atoms with Gasteiger partial charge in [0.2, 0.25) is 6.79 Å². The highest BCUT2D eigenvalue weighted by Crippen LogP contribution is 2.46. The van der Waals surface area contributed by atoms with E-state index in [0.717, 1.165) is 30.4 Å². The number of rotatable bonds is 4. The van der Waals surface area contributed by atoms with Gasteiger partial charge in [0.05, 0.1) is 6.10 Å². The maximum Gasteiger partial charge on any atom is 0.490 e. The number of nitrogens with zero attached hydrogens (tertiary/aromatic N) is 1. The Morgan fingerprint density at radius 2 is 2.04 bits per heavy atom. The predicted octanol–water partition coefficient (Wildman–Crippen LogP) is 3.15. The average Bonchev–Trinajstić information content (AvgIpc) is 3.21. The fourth-order valence-electron chi connectivity index (χ4n) is 3.54. The monoisotopic (exact) mass is 421 g/mol. The molecule has 0 aromatic heterocycles. The van der Waals surface area contributed by atoms with Gasteiger partial charge in [-0.3, -0.25) is 4.90 Å². The number of carboxylic acids is 1. The third kappa shape index (κ3) is 5.03. The van der Waals surface area contributed by atoms with Gasteiger partial charge >= 0.3 is 12.1 Å². The molecule has 1 spiro atoms. The third-order valence-electron chi connectivity index (χ3n) is 4.69. The van der Waals surface area contributed by atoms with E-state index in [1.165, 1.54) is 25.1 Å². The molecule has 0 amide bonds. The van der Waals surface area contributed by atoms with Gasteiger partial charge in [-0.2, -0.15) is 13.2 Å². The summed E-state index contributed by atoms with van der Waals surface area (Å²) in [7, 11) is 0. The summed E-state index contributed by atoms with van der Waals surface area (Å²) in [6.45, 7) is 6.62. The first-order chi connectivity index (χ1) is 13.2. The summed E-state index contributed by atoms with van der Waals surface area (Å²) >= 11 is 2.10. The van der Waals surface area contributed by atoms with Crippen molar-refractivity contribution >= 4 is 17.7 Å². The summed E-state index contributed by atoms with van der Waals surface area (Å²) in [5.41, 5.74) is 1.30. The van der Waals surface area contributed by atoms with Crippen molar-refractivity contribution in [3.05, 3.63) is 23.8 Å². The van der Waals surface area contributed by atoms with Gasteiger partial charge in [-0.15, -0.1) is 11.8 Å². The molecular weight excluding hydrogens is 399 g/mol. The number of hydrogen-bond donors (Lipinski definition) is 1. The second-order valence-electron chi connectivity index (χ2n) is 6.91. The van der Waals surface area contributed by atoms with E-state index in [4.69, 9.17) is 24.1 Å². The van der Waals surface area contributed by atoms with Crippen molar-refractivity contribution < 1.29 is 37.3 Å². The SMILES string of the molecule is CCOC1CSC2(C1)CN(Cc1ccc3c(c1)OCO3)C2.O=C(O)C(F)(F)F. The van der Waals surface area contributed by atoms with Crippen LogP contribution in [0.3, 0.4) is 0 Å². The standard InChI is InChI=1S/C16H21NO3S.C2HF3O2/c1-2-18-13-6-16(21-8-13)9-17(10-16)7-12-3-4-14-15(5-12)20-11-19-14;3-2(4,5)1(6)7/h3-5,13H,2,6-11H2,1H3;(H,6,7). The van der Waals surface area contributed by atoms with Gasteiger partial charge in [0.25, 0.3) is 0 Å². The normalized spacial score (nSPS) is 22.5. The zero-order chi connectivity index (χ0) is 20.4. The van der Waals surface area contributed by atoms with Crippen molar-refractivity contribution in [2.75, 3.05) is 32.2 Å². The quantitative estimate of drug-likeness (QED) is 0.801. The molecule has 1 N–H and O–H groups in total. The highest BCUT2D eigenvalue weighted by atomic mass is 32.2. The Morgan fingerprint density at radius 1 is 1.36 bits per heavy atom. The van der Waals surface area contributed by atoms with Crippen LogP contribution in [0, 0.1) is 0 Å². The van der Waals surface area contributed by atoms with E-state index >= 15 is 0 Å². The minimum Gasteiger partial charge on any atom is -0.475 e. The van der Waals surface area contributed by atoms with E-state index in [1.54, 1.807) is 0 Å². The lowest BCUT2D eigenvalue weighted by Gasteiger charge is -2.47. The molecule has 6 nitrogen and oxygen atoms in total. The van der Waals surface area contributed by atoms with Crippen LogP contribution in [-0.2, 0) is 16.1 Å². The Balaban J connectivity index is 0.000000279. The number of fused-ring (bicyclic) bond motifs is 1. The maximum atomic E-state index is 10.6. The van der Waals surface area contributed by atoms with Crippen molar-refractivity contribution in [1.82, 2.24) is 4.90 Å². The molecule has 4 rings (SSSR count). The topological polar surface area (TPSA) is 68.2 Å². The third-order valence-corrected chi connectivity index (χ3v) is 6.26. The van der Waals surface area contributed by atoms with Crippen LogP contribution >= 0.6 is 11.8 Å². The minimum absolute atomic E-state index is 0.348. The van der Waals surface area contributed by atoms with Gasteiger partial charge in [0, 0.05) is 36.7 Å². The minimum atomic E-state index is -5.08. The molecule has 3 aliphatic heterocycles. The number of thioether (sulfide) groups is 1. The van der Waals surface area contributed by atoms with Crippen LogP contribution in [0.5, 0.6) is 11.5 Å². The van der Waals surface area contributed by atoms with Crippen LogP contribution in [0.15, 0.2) is 18.2 Å². The molecule has 28 heavy (non-hydrogen) atoms. The summed E-state index contributed by atoms with van der Waals surface area (Å²) in [5, 5.41) is 7.12. The van der Waals surface area contributed by atoms with Gasteiger partial charge < -0.3 is 19.3 Å². The van der Waals surface area contributed by atoms with Crippen LogP contribution in [0.1, 0.15) is 18.9 Å². The summed E-state index contributed by atoms with van der Waals surface area (Å²) in [6.07, 6.45) is -3.41. The number of aliphatic carboxylic acids is 1. The Morgan fingerprint density at radius 3 is 2.68 bits per heavy atom. The molecule has 2 fully saturated rings. The highest BCUT2D eigenvalue weighted by molar-refractivity contribution is 8.01. The number of alkyl halides is 3. The molecule has 1 unspecified atom stereocenters. The molecule has 0 radical (unpaired) electrons. The lowest BCUT2D eigenvalue weighted by molar-refractivity contribution is -0.192. The Labute approximate surface area is 164 Å². The van der Waals surface area contributed by atoms with E-state index in [-0.39, 0.29) is 0 Å². The van der Waals surface area contributed by atoms with Crippen LogP contribution in [0.25, 0.3) is 0 Å². The number of likely N-dealkylation sites (tertiary alicyclic amines) is 1. The van der Waals surface area contributed by atoms with Crippen molar-refractivity contribution in [3.8, 4) is 11.5 Å². The van der Waals surface area contributed by atoms with E-state index < -0.39 is 12.1 Å². The van der Waals surface area contributed by atoms with Crippen LogP contribution in [0.4, 0.5) is 13.2 Å². The predicted molar refractivity (Wildman–Crippen MR) is 96.8 cm³/mol. The van der Waals surface area contributed by atoms with E-state index in [1.807, 2.05) is 6.07 Å². The number of ether oxygens (including phenoxy) is 3. The lowest BCUT2D eigenvalue weighted by Crippen LogP contribution is -2.58. The number of halogens is 3. The summed E-state index contributed by atoms with van der Waals surface area (Å²) < 4.78 is 48.8. The van der Waals surface area contributed by atoms with Crippen molar-refractivity contribution in [2.24, 2.45) is 0 Å². The summed E-state index contributed by atoms with van der Waals surface area (Å²) in [4.78, 5) is 11.4. The van der Waals surface area contributed by atoms with E-state index in [2.05, 4.69) is 35.7 Å². The molecule has 0 bridgehead atoms. The van der Waals surface area contributed by atoms with Gasteiger partial charge in [-0.1, -0.05) is 6.07 Å². The molecule has 3 heterocycles. The smallest absolute Gasteiger partial charge is 0.475 e. The lowest BCUT2D eigenvalue weighted by atomic mass is 9.92. The molecule has 1 aromatic rings. The first-order valence-electron chi connectivity index (χ1n) is 8.87. The zero-order valence-electron chi connectivity index (χ0n) is 15.3. The van der Waals surface area contributed by atoms with E-state index in [0.29, 0.717) is 17.6 Å². The molecule has 3 aliphatic rings. The summed E-state index contributed by atoms with van der Waals surface area (Å²) in [6, 6.07) is 6.27. The number of carbonyl (C=O) groups is 1. The number of benzene rings is 1. The largest absolute Gasteiger partial charge is 0.490 e. The fourth-order valence-corrected chi connectivity index (χ4v) is 5.15. The molecule has 1 aromatic carbocycles. The van der Waals surface area contributed by atoms with Gasteiger partial charge in [-0.25, -0.2) is 4.79 Å². The Kier molecular flexibility index (Phi) is 6.31. The fraction of sp³-hybridized carbons (Fsp3) is 0.611.